The van der Waals surface area contributed by atoms with Gasteiger partial charge in [0.1, 0.15) is 0 Å². The van der Waals surface area contributed by atoms with E-state index in [0.717, 1.165) is 11.1 Å². The first-order valence-corrected chi connectivity index (χ1v) is 6.03. The van der Waals surface area contributed by atoms with Crippen LogP contribution >= 0.6 is 0 Å². The van der Waals surface area contributed by atoms with Crippen LogP contribution in [0.5, 0.6) is 0 Å². The van der Waals surface area contributed by atoms with Crippen molar-refractivity contribution in [2.45, 2.75) is 13.0 Å². The second kappa shape index (κ2) is 6.56. The molecule has 0 bridgehead atoms. The molecule has 0 fully saturated rings. The Morgan fingerprint density at radius 1 is 1.05 bits per heavy atom. The van der Waals surface area contributed by atoms with E-state index in [1.54, 1.807) is 12.1 Å². The molecular weight excluding hydrogens is 240 g/mol. The number of carbonyl (C=O) groups excluding carboxylic acids is 1. The molecule has 0 heterocycles. The van der Waals surface area contributed by atoms with Crippen molar-refractivity contribution in [3.8, 4) is 0 Å². The number of hydroxylamine groups is 1. The molecule has 3 N–H and O–H groups in total. The van der Waals surface area contributed by atoms with Crippen molar-refractivity contribution >= 4 is 11.6 Å². The third-order valence-corrected chi connectivity index (χ3v) is 2.58. The molecule has 0 atom stereocenters. The van der Waals surface area contributed by atoms with Gasteiger partial charge in [0.05, 0.1) is 13.0 Å². The topological polar surface area (TPSA) is 64.4 Å². The zero-order chi connectivity index (χ0) is 13.5. The molecule has 0 saturated carbocycles. The molecule has 0 aliphatic rings. The predicted molar refractivity (Wildman–Crippen MR) is 73.9 cm³/mol. The second-order valence-electron chi connectivity index (χ2n) is 4.22. The van der Waals surface area contributed by atoms with E-state index in [9.17, 15) is 4.79 Å². The summed E-state index contributed by atoms with van der Waals surface area (Å²) in [6.45, 7) is 0.351. The van der Waals surface area contributed by atoms with E-state index in [4.69, 9.17) is 10.6 Å². The third kappa shape index (κ3) is 4.44. The molecule has 1 amide bonds. The smallest absolute Gasteiger partial charge is 0.247 e. The third-order valence-electron chi connectivity index (χ3n) is 2.58. The molecule has 0 aliphatic carbocycles. The lowest BCUT2D eigenvalue weighted by atomic mass is 10.1. The molecule has 4 heteroatoms. The zero-order valence-corrected chi connectivity index (χ0v) is 10.5. The molecule has 0 spiro atoms. The predicted octanol–water partition coefficient (Wildman–Crippen LogP) is 2.06. The fraction of sp³-hybridized carbons (Fsp3) is 0.133. The van der Waals surface area contributed by atoms with Crippen LogP contribution in [0.25, 0.3) is 0 Å². The Hall–Kier alpha value is -2.33. The Labute approximate surface area is 112 Å². The summed E-state index contributed by atoms with van der Waals surface area (Å²) in [6.07, 6.45) is 0.250. The highest BCUT2D eigenvalue weighted by molar-refractivity contribution is 5.77. The van der Waals surface area contributed by atoms with E-state index >= 15 is 0 Å². The highest BCUT2D eigenvalue weighted by Gasteiger charge is 2.03. The summed E-state index contributed by atoms with van der Waals surface area (Å²) in [4.78, 5) is 16.8. The van der Waals surface area contributed by atoms with E-state index in [1.807, 2.05) is 42.5 Å². The summed E-state index contributed by atoms with van der Waals surface area (Å²) in [5.74, 6) is -0.193. The van der Waals surface area contributed by atoms with Crippen LogP contribution in [0.4, 0.5) is 5.69 Å². The average Bonchev–Trinajstić information content (AvgIpc) is 2.40. The second-order valence-corrected chi connectivity index (χ2v) is 4.22. The van der Waals surface area contributed by atoms with Gasteiger partial charge in [-0.2, -0.15) is 0 Å². The number of anilines is 1. The fourth-order valence-corrected chi connectivity index (χ4v) is 1.70. The Bertz CT molecular complexity index is 541. The largest absolute Gasteiger partial charge is 0.399 e. The highest BCUT2D eigenvalue weighted by atomic mass is 16.6. The summed E-state index contributed by atoms with van der Waals surface area (Å²) in [6, 6.07) is 16.9. The standard InChI is InChI=1S/C15H16N2O2/c16-14-8-4-7-13(9-14)10-15(18)17-19-11-12-5-2-1-3-6-12/h1-9H,10-11,16H2,(H,17,18). The Balaban J connectivity index is 1.76. The highest BCUT2D eigenvalue weighted by Crippen LogP contribution is 2.07. The minimum Gasteiger partial charge on any atom is -0.399 e. The van der Waals surface area contributed by atoms with E-state index in [1.165, 1.54) is 0 Å². The molecule has 2 rings (SSSR count). The zero-order valence-electron chi connectivity index (χ0n) is 10.5. The lowest BCUT2D eigenvalue weighted by molar-refractivity contribution is -0.133. The van der Waals surface area contributed by atoms with Crippen LogP contribution in [0.1, 0.15) is 11.1 Å². The van der Waals surface area contributed by atoms with Gasteiger partial charge in [0.15, 0.2) is 0 Å². The fourth-order valence-electron chi connectivity index (χ4n) is 1.70. The monoisotopic (exact) mass is 256 g/mol. The summed E-state index contributed by atoms with van der Waals surface area (Å²) in [5, 5.41) is 0. The van der Waals surface area contributed by atoms with E-state index in [2.05, 4.69) is 5.48 Å². The normalized spacial score (nSPS) is 10.1. The maximum absolute atomic E-state index is 11.6. The van der Waals surface area contributed by atoms with E-state index < -0.39 is 0 Å². The lowest BCUT2D eigenvalue weighted by Crippen LogP contribution is -2.25. The Kier molecular flexibility index (Phi) is 4.53. The number of carbonyl (C=O) groups is 1. The molecule has 0 aromatic heterocycles. The molecule has 0 aliphatic heterocycles. The van der Waals surface area contributed by atoms with Gasteiger partial charge in [-0.15, -0.1) is 0 Å². The summed E-state index contributed by atoms with van der Waals surface area (Å²) >= 11 is 0. The molecule has 0 saturated heterocycles. The molecular formula is C15H16N2O2. The van der Waals surface area contributed by atoms with Gasteiger partial charge >= 0.3 is 0 Å². The van der Waals surface area contributed by atoms with Crippen molar-refractivity contribution in [1.29, 1.82) is 0 Å². The molecule has 98 valence electrons. The van der Waals surface area contributed by atoms with E-state index in [-0.39, 0.29) is 12.3 Å². The molecule has 2 aromatic rings. The van der Waals surface area contributed by atoms with Gasteiger partial charge in [-0.25, -0.2) is 5.48 Å². The van der Waals surface area contributed by atoms with Crippen LogP contribution in [-0.4, -0.2) is 5.91 Å². The number of nitrogens with two attached hydrogens (primary N) is 1. The molecule has 2 aromatic carbocycles. The van der Waals surface area contributed by atoms with Crippen LogP contribution < -0.4 is 11.2 Å². The summed E-state index contributed by atoms with van der Waals surface area (Å²) in [5.41, 5.74) is 10.6. The summed E-state index contributed by atoms with van der Waals surface area (Å²) in [7, 11) is 0. The van der Waals surface area contributed by atoms with Crippen LogP contribution in [0.15, 0.2) is 54.6 Å². The van der Waals surface area contributed by atoms with Gasteiger partial charge in [-0.3, -0.25) is 9.63 Å². The number of amides is 1. The van der Waals surface area contributed by atoms with Gasteiger partial charge in [-0.1, -0.05) is 42.5 Å². The Morgan fingerprint density at radius 3 is 2.53 bits per heavy atom. The number of nitrogens with one attached hydrogen (secondary N) is 1. The molecule has 19 heavy (non-hydrogen) atoms. The lowest BCUT2D eigenvalue weighted by Gasteiger charge is -2.06. The molecule has 4 nitrogen and oxygen atoms in total. The first kappa shape index (κ1) is 13.1. The minimum atomic E-state index is -0.193. The van der Waals surface area contributed by atoms with E-state index in [0.29, 0.717) is 12.3 Å². The minimum absolute atomic E-state index is 0.193. The van der Waals surface area contributed by atoms with Gasteiger partial charge in [-0.05, 0) is 23.3 Å². The maximum atomic E-state index is 11.6. The molecule has 0 radical (unpaired) electrons. The van der Waals surface area contributed by atoms with Crippen molar-refractivity contribution in [2.24, 2.45) is 0 Å². The number of hydrogen-bond acceptors (Lipinski definition) is 3. The van der Waals surface area contributed by atoms with Crippen LogP contribution in [0, 0.1) is 0 Å². The van der Waals surface area contributed by atoms with Crippen LogP contribution in [-0.2, 0) is 22.7 Å². The van der Waals surface area contributed by atoms with Gasteiger partial charge in [0.2, 0.25) is 5.91 Å². The number of rotatable bonds is 5. The van der Waals surface area contributed by atoms with Crippen molar-refractivity contribution < 1.29 is 9.63 Å². The van der Waals surface area contributed by atoms with Gasteiger partial charge in [0, 0.05) is 5.69 Å². The van der Waals surface area contributed by atoms with Gasteiger partial charge in [0.25, 0.3) is 0 Å². The van der Waals surface area contributed by atoms with Crippen LogP contribution in [0.2, 0.25) is 0 Å². The molecule has 0 unspecified atom stereocenters. The average molecular weight is 256 g/mol. The van der Waals surface area contributed by atoms with Gasteiger partial charge < -0.3 is 5.73 Å². The number of hydrogen-bond donors (Lipinski definition) is 2. The SMILES string of the molecule is Nc1cccc(CC(=O)NOCc2ccccc2)c1. The van der Waals surface area contributed by atoms with Crippen molar-refractivity contribution in [3.63, 3.8) is 0 Å². The first-order valence-electron chi connectivity index (χ1n) is 6.03. The Morgan fingerprint density at radius 2 is 1.79 bits per heavy atom. The number of nitrogen functional groups attached to an aromatic ring is 1. The quantitative estimate of drug-likeness (QED) is 0.635. The maximum Gasteiger partial charge on any atom is 0.247 e. The van der Waals surface area contributed by atoms with Crippen LogP contribution in [0.3, 0.4) is 0 Å². The van der Waals surface area contributed by atoms with Crippen molar-refractivity contribution in [3.05, 3.63) is 65.7 Å². The summed E-state index contributed by atoms with van der Waals surface area (Å²) < 4.78 is 0. The van der Waals surface area contributed by atoms with Crippen molar-refractivity contribution in [1.82, 2.24) is 5.48 Å². The van der Waals surface area contributed by atoms with Crippen molar-refractivity contribution in [2.75, 3.05) is 5.73 Å². The first-order chi connectivity index (χ1) is 9.24. The number of benzene rings is 2.